The molecule has 3 aliphatic carbocycles. The maximum atomic E-state index is 12.4. The number of rotatable bonds is 12. The van der Waals surface area contributed by atoms with Gasteiger partial charge in [0.2, 0.25) is 0 Å². The van der Waals surface area contributed by atoms with E-state index in [0.717, 1.165) is 0 Å². The molecule has 4 aromatic rings. The molecular formula is C39H34N6O30S6. The van der Waals surface area contributed by atoms with Crippen molar-refractivity contribution in [3.05, 3.63) is 65.7 Å². The van der Waals surface area contributed by atoms with Crippen LogP contribution >= 0.6 is 0 Å². The summed E-state index contributed by atoms with van der Waals surface area (Å²) in [6.07, 6.45) is 3.72. The average molecular weight is 1260 g/mol. The molecule has 8 amide bonds. The number of fused-ring (bicyclic) bond motifs is 13. The lowest BCUT2D eigenvalue weighted by molar-refractivity contribution is -0.189. The van der Waals surface area contributed by atoms with Crippen LogP contribution in [0, 0.1) is 59.2 Å². The lowest BCUT2D eigenvalue weighted by Gasteiger charge is -2.59. The highest BCUT2D eigenvalue weighted by Crippen LogP contribution is 2.70. The van der Waals surface area contributed by atoms with Crippen LogP contribution in [0.15, 0.2) is 43.4 Å². The Labute approximate surface area is 451 Å². The van der Waals surface area contributed by atoms with Gasteiger partial charge in [-0.05, 0) is 53.3 Å². The van der Waals surface area contributed by atoms with Gasteiger partial charge in [-0.1, -0.05) is 9.46 Å². The van der Waals surface area contributed by atoms with E-state index in [4.69, 9.17) is 0 Å². The van der Waals surface area contributed by atoms with Gasteiger partial charge in [-0.3, -0.25) is 66.1 Å². The number of carbonyl (C=O) groups is 8. The van der Waals surface area contributed by atoms with Gasteiger partial charge in [0.05, 0.1) is 106 Å². The van der Waals surface area contributed by atoms with Crippen molar-refractivity contribution in [2.75, 3.05) is 37.5 Å². The third-order valence-corrected chi connectivity index (χ3v) is 16.1. The molecule has 4 aliphatic heterocycles. The number of imide groups is 4. The van der Waals surface area contributed by atoms with Gasteiger partial charge in [0.25, 0.3) is 110 Å². The van der Waals surface area contributed by atoms with E-state index in [2.05, 4.69) is 25.7 Å². The monoisotopic (exact) mass is 1260 g/mol. The molecule has 42 heteroatoms. The van der Waals surface area contributed by atoms with Crippen molar-refractivity contribution in [2.24, 2.45) is 59.2 Å². The fourth-order valence-corrected chi connectivity index (χ4v) is 13.5. The van der Waals surface area contributed by atoms with Crippen molar-refractivity contribution in [2.45, 2.75) is 6.42 Å². The Morgan fingerprint density at radius 3 is 0.716 bits per heavy atom. The summed E-state index contributed by atoms with van der Waals surface area (Å²) >= 11 is 0. The number of carbonyl (C=O) groups excluding carboxylic acids is 8. The molecular weight excluding hydrogens is 1220 g/mol. The molecule has 7 aliphatic rings. The highest BCUT2D eigenvalue weighted by Gasteiger charge is 2.81. The van der Waals surface area contributed by atoms with Gasteiger partial charge in [-0.25, -0.2) is 0 Å². The van der Waals surface area contributed by atoms with Crippen LogP contribution in [0.2, 0.25) is 0 Å². The zero-order valence-electron chi connectivity index (χ0n) is 41.2. The van der Waals surface area contributed by atoms with Gasteiger partial charge in [0.15, 0.2) is 0 Å². The second kappa shape index (κ2) is 18.6. The summed E-state index contributed by atoms with van der Waals surface area (Å²) in [5.41, 5.74) is -4.08. The van der Waals surface area contributed by atoms with Crippen LogP contribution in [-0.4, -0.2) is 165 Å². The maximum absolute atomic E-state index is 12.4. The lowest BCUT2D eigenvalue weighted by Crippen LogP contribution is -2.66. The minimum absolute atomic E-state index is 0.0682. The highest BCUT2D eigenvalue weighted by atomic mass is 32.2. The molecule has 0 bridgehead atoms. The molecule has 7 fully saturated rings. The van der Waals surface area contributed by atoms with Crippen LogP contribution in [0.5, 0.6) is 0 Å². The Morgan fingerprint density at radius 2 is 0.506 bits per heavy atom. The van der Waals surface area contributed by atoms with Crippen molar-refractivity contribution in [1.29, 1.82) is 0 Å². The minimum atomic E-state index is -4.17. The molecule has 8 atom stereocenters. The number of hydroxylamine groups is 8. The number of benzene rings is 2. The minimum Gasteiger partial charge on any atom is -0.281 e. The van der Waals surface area contributed by atoms with Crippen LogP contribution in [-0.2, 0) is 116 Å². The van der Waals surface area contributed by atoms with E-state index in [9.17, 15) is 108 Å². The largest absolute Gasteiger partial charge is 0.324 e. The number of aromatic nitrogens is 2. The average Bonchev–Trinajstić information content (AvgIpc) is 4.07. The molecule has 4 saturated heterocycles. The van der Waals surface area contributed by atoms with E-state index in [-0.39, 0.29) is 68.5 Å². The Hall–Kier alpha value is -7.32. The van der Waals surface area contributed by atoms with Crippen LogP contribution < -0.4 is 30.8 Å². The number of nitrogens with zero attached hydrogens (tertiary/aromatic N) is 6. The first-order chi connectivity index (χ1) is 36.9. The second-order valence-corrected chi connectivity index (χ2v) is 28.6. The zero-order chi connectivity index (χ0) is 60.4. The number of amides is 8. The Morgan fingerprint density at radius 1 is 0.309 bits per heavy atom. The normalized spacial score (nSPS) is 27.2. The fraction of sp³-hybridized carbons (Fsp3) is 0.436. The summed E-state index contributed by atoms with van der Waals surface area (Å²) in [7, 11) is -24.9. The predicted molar refractivity (Wildman–Crippen MR) is 256 cm³/mol. The van der Waals surface area contributed by atoms with Gasteiger partial charge in [0, 0.05) is 0 Å². The Kier molecular flexibility index (Phi) is 13.4. The maximum Gasteiger partial charge on any atom is 0.324 e. The van der Waals surface area contributed by atoms with E-state index in [1.807, 2.05) is 0 Å². The third-order valence-electron chi connectivity index (χ3n) is 13.6. The summed E-state index contributed by atoms with van der Waals surface area (Å²) < 4.78 is 161. The topological polar surface area (TPSA) is 488 Å². The van der Waals surface area contributed by atoms with Gasteiger partial charge < -0.3 is 0 Å². The number of hydrogen-bond donors (Lipinski definition) is 0. The molecule has 81 heavy (non-hydrogen) atoms. The first kappa shape index (κ1) is 58.3. The van der Waals surface area contributed by atoms with Crippen LogP contribution in [0.4, 0.5) is 0 Å². The molecule has 36 nitrogen and oxygen atoms in total. The fourth-order valence-electron chi connectivity index (χ4n) is 11.0. The van der Waals surface area contributed by atoms with E-state index in [1.165, 1.54) is 24.3 Å². The van der Waals surface area contributed by atoms with Crippen LogP contribution in [0.1, 0.15) is 6.42 Å². The molecule has 6 heterocycles. The first-order valence-electron chi connectivity index (χ1n) is 22.2. The first-order valence-corrected chi connectivity index (χ1v) is 33.1. The summed E-state index contributed by atoms with van der Waals surface area (Å²) in [6.45, 7) is 0. The Bertz CT molecular complexity index is 4170. The van der Waals surface area contributed by atoms with Crippen LogP contribution in [0.25, 0.3) is 32.3 Å². The van der Waals surface area contributed by atoms with Gasteiger partial charge in [-0.2, -0.15) is 50.5 Å². The van der Waals surface area contributed by atoms with Gasteiger partial charge >= 0.3 is 20.2 Å². The summed E-state index contributed by atoms with van der Waals surface area (Å²) in [4.78, 5) is 148. The van der Waals surface area contributed by atoms with Crippen molar-refractivity contribution in [3.63, 3.8) is 0 Å². The number of hydrogen-bond acceptors (Lipinski definition) is 30. The van der Waals surface area contributed by atoms with E-state index >= 15 is 0 Å². The van der Waals surface area contributed by atoms with Crippen molar-refractivity contribution >= 4 is 140 Å². The van der Waals surface area contributed by atoms with Crippen molar-refractivity contribution in [3.8, 4) is 0 Å². The lowest BCUT2D eigenvalue weighted by atomic mass is 9.39. The standard InChI is InChI=1S/C16H10N2O10S2.C12H12N2O10S2.C11H12N2O10S2/c1-29(23,24)27-17-13(19)9-3-7-5-11-12(6-8(7)4-10(9)14(17)20)16(22)18(15(11)21)28-30(2,25)26;1-25(19,20)23-13-9(15)5-3-4(6(5)10(13)16)8-7(3)11(17)14(12(8)18)24-26(2,21)22;1-24(18,19)22-12-8(14)4-3-5-7(6(4)10(12)16)11(17)13(9(5)15)23-25(2,20)21/h3-6H,1-2H3;3-8H,1-2H3;4-7H,3H2,1-2H3. The molecule has 0 spiro atoms. The molecule has 11 rings (SSSR count). The molecule has 8 unspecified atom stereocenters. The molecule has 0 N–H and O–H groups in total. The predicted octanol–water partition coefficient (Wildman–Crippen LogP) is -7.55. The van der Waals surface area contributed by atoms with Crippen LogP contribution in [0.3, 0.4) is 0 Å². The van der Waals surface area contributed by atoms with Gasteiger partial charge in [0.1, 0.15) is 0 Å². The summed E-state index contributed by atoms with van der Waals surface area (Å²) in [6, 6.07) is 4.92. The summed E-state index contributed by atoms with van der Waals surface area (Å²) in [5, 5.41) is 0.312. The van der Waals surface area contributed by atoms with Gasteiger partial charge in [-0.15, -0.1) is 37.4 Å². The molecule has 3 saturated carbocycles. The highest BCUT2D eigenvalue weighted by molar-refractivity contribution is 7.87. The van der Waals surface area contributed by atoms with E-state index in [1.54, 1.807) is 0 Å². The zero-order valence-corrected chi connectivity index (χ0v) is 46.1. The van der Waals surface area contributed by atoms with Crippen molar-refractivity contribution in [1.82, 2.24) is 29.7 Å². The molecule has 436 valence electrons. The third kappa shape index (κ3) is 9.99. The summed E-state index contributed by atoms with van der Waals surface area (Å²) in [5.74, 6) is -17.8. The SMILES string of the molecule is CS(=O)(=O)ON1C(=O)C2C(C1=O)C1C3C(=O)N(OS(C)(=O)=O)C(=O)C3C21.CS(=O)(=O)ON1C(=O)C2CC3C(=O)N(OS(C)(=O)=O)C(=O)C3C2C1=O.CS(=O)(=O)On1c(=O)c2cc3cc4c(=O)n(OS(C)(=O)=O)c(=O)c4cc3cc2c1=O. The van der Waals surface area contributed by atoms with E-state index in [0.29, 0.717) is 37.5 Å². The second-order valence-electron chi connectivity index (χ2n) is 19.3. The Balaban J connectivity index is 0.000000147. The molecule has 2 aromatic carbocycles. The molecule has 0 radical (unpaired) electrons. The quantitative estimate of drug-likeness (QED) is 0.119. The molecule has 2 aromatic heterocycles. The van der Waals surface area contributed by atoms with Crippen molar-refractivity contribution < 1.29 is 115 Å². The van der Waals surface area contributed by atoms with E-state index < -0.39 is 189 Å². The smallest absolute Gasteiger partial charge is 0.281 e.